The molecule has 0 radical (unpaired) electrons. The zero-order chi connectivity index (χ0) is 19.2. The van der Waals surface area contributed by atoms with Gasteiger partial charge in [-0.05, 0) is 30.3 Å². The summed E-state index contributed by atoms with van der Waals surface area (Å²) in [7, 11) is 1.27. The highest BCUT2D eigenvalue weighted by Crippen LogP contribution is 2.24. The first kappa shape index (κ1) is 18.3. The molecule has 2 aromatic carbocycles. The van der Waals surface area contributed by atoms with E-state index >= 15 is 0 Å². The third-order valence-corrected chi connectivity index (χ3v) is 3.90. The van der Waals surface area contributed by atoms with Crippen LogP contribution in [0.15, 0.2) is 60.9 Å². The molecule has 0 spiro atoms. The maximum atomic E-state index is 12.4. The van der Waals surface area contributed by atoms with Crippen LogP contribution < -0.4 is 10.6 Å². The van der Waals surface area contributed by atoms with Crippen LogP contribution in [0.2, 0.25) is 5.02 Å². The van der Waals surface area contributed by atoms with Crippen molar-refractivity contribution < 1.29 is 14.3 Å². The van der Waals surface area contributed by atoms with Gasteiger partial charge in [0.05, 0.1) is 35.8 Å². The van der Waals surface area contributed by atoms with Gasteiger partial charge in [-0.15, -0.1) is 0 Å². The van der Waals surface area contributed by atoms with Gasteiger partial charge in [-0.1, -0.05) is 29.8 Å². The van der Waals surface area contributed by atoms with Crippen LogP contribution in [0.5, 0.6) is 0 Å². The number of hydrogen-bond acceptors (Lipinski definition) is 6. The van der Waals surface area contributed by atoms with Crippen molar-refractivity contribution >= 4 is 40.7 Å². The summed E-state index contributed by atoms with van der Waals surface area (Å²) in [5.74, 6) is -0.528. The molecule has 3 rings (SSSR count). The minimum atomic E-state index is -0.529. The molecule has 1 heterocycles. The first-order valence-corrected chi connectivity index (χ1v) is 8.28. The SMILES string of the molecule is COC(=O)c1ccc(Cl)c(NC(=O)c2cnc(Nc3ccccc3)cn2)c1. The lowest BCUT2D eigenvalue weighted by molar-refractivity contribution is 0.0600. The normalized spacial score (nSPS) is 10.1. The molecule has 0 aliphatic carbocycles. The quantitative estimate of drug-likeness (QED) is 0.650. The van der Waals surface area contributed by atoms with E-state index in [1.807, 2.05) is 30.3 Å². The van der Waals surface area contributed by atoms with Crippen LogP contribution >= 0.6 is 11.6 Å². The number of nitrogens with zero attached hydrogens (tertiary/aromatic N) is 2. The monoisotopic (exact) mass is 382 g/mol. The van der Waals surface area contributed by atoms with Crippen molar-refractivity contribution in [1.82, 2.24) is 9.97 Å². The number of carbonyl (C=O) groups excluding carboxylic acids is 2. The van der Waals surface area contributed by atoms with Gasteiger partial charge in [0.1, 0.15) is 11.5 Å². The number of halogens is 1. The van der Waals surface area contributed by atoms with Gasteiger partial charge >= 0.3 is 5.97 Å². The summed E-state index contributed by atoms with van der Waals surface area (Å²) in [6.45, 7) is 0. The summed E-state index contributed by atoms with van der Waals surface area (Å²) in [4.78, 5) is 32.3. The summed E-state index contributed by atoms with van der Waals surface area (Å²) in [6.07, 6.45) is 2.80. The molecule has 0 saturated carbocycles. The largest absolute Gasteiger partial charge is 0.465 e. The summed E-state index contributed by atoms with van der Waals surface area (Å²) in [6, 6.07) is 13.9. The second-order valence-electron chi connectivity index (χ2n) is 5.42. The lowest BCUT2D eigenvalue weighted by Crippen LogP contribution is -2.15. The van der Waals surface area contributed by atoms with Gasteiger partial charge in [0.25, 0.3) is 5.91 Å². The highest BCUT2D eigenvalue weighted by molar-refractivity contribution is 6.34. The fourth-order valence-electron chi connectivity index (χ4n) is 2.23. The number of rotatable bonds is 5. The Bertz CT molecular complexity index is 962. The second-order valence-corrected chi connectivity index (χ2v) is 5.83. The Morgan fingerprint density at radius 3 is 2.48 bits per heavy atom. The molecular weight excluding hydrogens is 368 g/mol. The Morgan fingerprint density at radius 2 is 1.81 bits per heavy atom. The average Bonchev–Trinajstić information content (AvgIpc) is 2.70. The number of esters is 1. The summed E-state index contributed by atoms with van der Waals surface area (Å²) < 4.78 is 4.66. The molecule has 0 atom stereocenters. The number of aromatic nitrogens is 2. The summed E-state index contributed by atoms with van der Waals surface area (Å²) >= 11 is 6.08. The molecule has 27 heavy (non-hydrogen) atoms. The summed E-state index contributed by atoms with van der Waals surface area (Å²) in [5, 5.41) is 5.97. The van der Waals surface area contributed by atoms with E-state index in [2.05, 4.69) is 25.3 Å². The minimum absolute atomic E-state index is 0.105. The standard InChI is InChI=1S/C19H15ClN4O3/c1-27-19(26)12-7-8-14(20)15(9-12)24-18(25)16-10-22-17(11-21-16)23-13-5-3-2-4-6-13/h2-11H,1H3,(H,22,23)(H,24,25). The molecule has 0 bridgehead atoms. The molecule has 8 heteroatoms. The van der Waals surface area contributed by atoms with Crippen LogP contribution in [0.4, 0.5) is 17.2 Å². The van der Waals surface area contributed by atoms with Crippen LogP contribution in [-0.4, -0.2) is 29.0 Å². The number of ether oxygens (including phenoxy) is 1. The first-order chi connectivity index (χ1) is 13.1. The Labute approximate surface area is 160 Å². The van der Waals surface area contributed by atoms with Crippen LogP contribution in [0.3, 0.4) is 0 Å². The van der Waals surface area contributed by atoms with Crippen molar-refractivity contribution in [1.29, 1.82) is 0 Å². The Morgan fingerprint density at radius 1 is 1.04 bits per heavy atom. The zero-order valence-corrected chi connectivity index (χ0v) is 15.0. The number of nitrogens with one attached hydrogen (secondary N) is 2. The van der Waals surface area contributed by atoms with Crippen molar-refractivity contribution in [3.63, 3.8) is 0 Å². The molecule has 0 unspecified atom stereocenters. The van der Waals surface area contributed by atoms with Crippen LogP contribution in [-0.2, 0) is 4.74 Å². The maximum Gasteiger partial charge on any atom is 0.337 e. The van der Waals surface area contributed by atoms with Gasteiger partial charge in [-0.3, -0.25) is 4.79 Å². The molecule has 1 amide bonds. The fourth-order valence-corrected chi connectivity index (χ4v) is 2.40. The van der Waals surface area contributed by atoms with E-state index in [-0.39, 0.29) is 22.0 Å². The Kier molecular flexibility index (Phi) is 5.63. The van der Waals surface area contributed by atoms with E-state index in [0.717, 1.165) is 5.69 Å². The number of amides is 1. The number of carbonyl (C=O) groups is 2. The average molecular weight is 383 g/mol. The van der Waals surface area contributed by atoms with Crippen molar-refractivity contribution in [2.45, 2.75) is 0 Å². The van der Waals surface area contributed by atoms with Gasteiger partial charge in [0, 0.05) is 5.69 Å². The van der Waals surface area contributed by atoms with Crippen molar-refractivity contribution in [3.8, 4) is 0 Å². The molecule has 0 saturated heterocycles. The van der Waals surface area contributed by atoms with Crippen LogP contribution in [0.25, 0.3) is 0 Å². The van der Waals surface area contributed by atoms with Gasteiger partial charge in [0.15, 0.2) is 0 Å². The zero-order valence-electron chi connectivity index (χ0n) is 14.3. The topological polar surface area (TPSA) is 93.2 Å². The smallest absolute Gasteiger partial charge is 0.337 e. The van der Waals surface area contributed by atoms with Gasteiger partial charge in [0.2, 0.25) is 0 Å². The van der Waals surface area contributed by atoms with E-state index in [1.54, 1.807) is 0 Å². The van der Waals surface area contributed by atoms with Gasteiger partial charge in [-0.2, -0.15) is 0 Å². The molecule has 0 aliphatic rings. The third kappa shape index (κ3) is 4.59. The van der Waals surface area contributed by atoms with E-state index < -0.39 is 11.9 Å². The van der Waals surface area contributed by atoms with Gasteiger partial charge < -0.3 is 15.4 Å². The van der Waals surface area contributed by atoms with Crippen molar-refractivity contribution in [2.24, 2.45) is 0 Å². The Balaban J connectivity index is 1.72. The van der Waals surface area contributed by atoms with Crippen LogP contribution in [0.1, 0.15) is 20.8 Å². The highest BCUT2D eigenvalue weighted by atomic mass is 35.5. The fraction of sp³-hybridized carbons (Fsp3) is 0.0526. The molecule has 0 aliphatic heterocycles. The second kappa shape index (κ2) is 8.29. The minimum Gasteiger partial charge on any atom is -0.465 e. The lowest BCUT2D eigenvalue weighted by atomic mass is 10.2. The number of hydrogen-bond donors (Lipinski definition) is 2. The van der Waals surface area contributed by atoms with Gasteiger partial charge in [-0.25, -0.2) is 14.8 Å². The van der Waals surface area contributed by atoms with E-state index in [9.17, 15) is 9.59 Å². The number of benzene rings is 2. The highest BCUT2D eigenvalue weighted by Gasteiger charge is 2.14. The molecule has 2 N–H and O–H groups in total. The molecule has 1 aromatic heterocycles. The van der Waals surface area contributed by atoms with Crippen molar-refractivity contribution in [3.05, 3.63) is 77.2 Å². The molecule has 3 aromatic rings. The number of para-hydroxylation sites is 1. The van der Waals surface area contributed by atoms with E-state index in [1.165, 1.54) is 37.7 Å². The van der Waals surface area contributed by atoms with E-state index in [0.29, 0.717) is 5.82 Å². The molecule has 7 nitrogen and oxygen atoms in total. The summed E-state index contributed by atoms with van der Waals surface area (Å²) in [5.41, 5.74) is 1.51. The van der Waals surface area contributed by atoms with E-state index in [4.69, 9.17) is 11.6 Å². The number of methoxy groups -OCH3 is 1. The predicted octanol–water partition coefficient (Wildman–Crippen LogP) is 3.91. The number of anilines is 3. The maximum absolute atomic E-state index is 12.4. The first-order valence-electron chi connectivity index (χ1n) is 7.90. The lowest BCUT2D eigenvalue weighted by Gasteiger charge is -2.09. The molecule has 0 fully saturated rings. The predicted molar refractivity (Wildman–Crippen MR) is 103 cm³/mol. The molecule has 136 valence electrons. The third-order valence-electron chi connectivity index (χ3n) is 3.57. The molecular formula is C19H15ClN4O3. The Hall–Kier alpha value is -3.45. The van der Waals surface area contributed by atoms with Crippen molar-refractivity contribution in [2.75, 3.05) is 17.7 Å². The van der Waals surface area contributed by atoms with Crippen LogP contribution in [0, 0.1) is 0 Å².